The lowest BCUT2D eigenvalue weighted by molar-refractivity contribution is 0.881. The molecule has 5 heteroatoms. The number of benzene rings is 1. The van der Waals surface area contributed by atoms with Gasteiger partial charge in [0.05, 0.1) is 5.56 Å². The second-order valence-corrected chi connectivity index (χ2v) is 3.77. The van der Waals surface area contributed by atoms with Gasteiger partial charge < -0.3 is 4.57 Å². The highest BCUT2D eigenvalue weighted by Crippen LogP contribution is 2.30. The SMILES string of the molecule is Cc1c(-c2nn[nH]n2)c2ccccc2n1C. The molecule has 0 unspecified atom stereocenters. The number of fused-ring (bicyclic) bond motifs is 1. The Labute approximate surface area is 92.1 Å². The summed E-state index contributed by atoms with van der Waals surface area (Å²) in [7, 11) is 2.04. The zero-order chi connectivity index (χ0) is 11.1. The Bertz CT molecular complexity index is 636. The number of H-pyrrole nitrogens is 1. The molecule has 80 valence electrons. The molecule has 2 heterocycles. The van der Waals surface area contributed by atoms with Crippen LogP contribution in [0.25, 0.3) is 22.3 Å². The van der Waals surface area contributed by atoms with E-state index < -0.39 is 0 Å². The zero-order valence-electron chi connectivity index (χ0n) is 9.10. The lowest BCUT2D eigenvalue weighted by atomic mass is 10.1. The van der Waals surface area contributed by atoms with E-state index in [1.807, 2.05) is 19.2 Å². The van der Waals surface area contributed by atoms with E-state index in [1.54, 1.807) is 0 Å². The van der Waals surface area contributed by atoms with Crippen molar-refractivity contribution in [3.63, 3.8) is 0 Å². The van der Waals surface area contributed by atoms with Crippen LogP contribution in [0.1, 0.15) is 5.69 Å². The first-order valence-electron chi connectivity index (χ1n) is 5.07. The van der Waals surface area contributed by atoms with Crippen molar-refractivity contribution in [3.8, 4) is 11.4 Å². The summed E-state index contributed by atoms with van der Waals surface area (Å²) in [5.41, 5.74) is 3.37. The van der Waals surface area contributed by atoms with Gasteiger partial charge in [-0.15, -0.1) is 10.2 Å². The van der Waals surface area contributed by atoms with Crippen molar-refractivity contribution < 1.29 is 0 Å². The first-order valence-corrected chi connectivity index (χ1v) is 5.07. The summed E-state index contributed by atoms with van der Waals surface area (Å²) < 4.78 is 2.14. The molecule has 2 aromatic heterocycles. The summed E-state index contributed by atoms with van der Waals surface area (Å²) in [5, 5.41) is 15.4. The molecule has 16 heavy (non-hydrogen) atoms. The maximum Gasteiger partial charge on any atom is 0.207 e. The second-order valence-electron chi connectivity index (χ2n) is 3.77. The molecule has 1 aromatic carbocycles. The lowest BCUT2D eigenvalue weighted by Crippen LogP contribution is -1.91. The highest BCUT2D eigenvalue weighted by molar-refractivity contribution is 5.96. The van der Waals surface area contributed by atoms with E-state index in [1.165, 1.54) is 5.52 Å². The average molecular weight is 213 g/mol. The number of hydrogen-bond acceptors (Lipinski definition) is 3. The second kappa shape index (κ2) is 3.16. The molecule has 0 amide bonds. The maximum atomic E-state index is 4.05. The highest BCUT2D eigenvalue weighted by atomic mass is 15.5. The standard InChI is InChI=1S/C11H11N5/c1-7-10(11-12-14-15-13-11)8-5-3-4-6-9(8)16(7)2/h3-6H,1-2H3,(H,12,13,14,15). The molecule has 0 saturated carbocycles. The zero-order valence-corrected chi connectivity index (χ0v) is 9.10. The third-order valence-corrected chi connectivity index (χ3v) is 2.97. The highest BCUT2D eigenvalue weighted by Gasteiger charge is 2.15. The number of nitrogens with one attached hydrogen (secondary N) is 1. The fourth-order valence-corrected chi connectivity index (χ4v) is 2.07. The molecule has 5 nitrogen and oxygen atoms in total. The molecule has 0 spiro atoms. The molecule has 3 rings (SSSR count). The molecule has 0 aliphatic carbocycles. The molecule has 0 atom stereocenters. The molecule has 1 N–H and O–H groups in total. The minimum atomic E-state index is 0.648. The van der Waals surface area contributed by atoms with Gasteiger partial charge in [-0.2, -0.15) is 5.21 Å². The topological polar surface area (TPSA) is 59.4 Å². The monoisotopic (exact) mass is 213 g/mol. The van der Waals surface area contributed by atoms with E-state index >= 15 is 0 Å². The summed E-state index contributed by atoms with van der Waals surface area (Å²) in [6.07, 6.45) is 0. The molecule has 0 saturated heterocycles. The van der Waals surface area contributed by atoms with Gasteiger partial charge in [-0.25, -0.2) is 0 Å². The van der Waals surface area contributed by atoms with E-state index in [0.717, 1.165) is 16.6 Å². The average Bonchev–Trinajstić information content (AvgIpc) is 2.89. The number of hydrogen-bond donors (Lipinski definition) is 1. The molecule has 0 radical (unpaired) electrons. The minimum Gasteiger partial charge on any atom is -0.347 e. The van der Waals surface area contributed by atoms with Gasteiger partial charge in [-0.3, -0.25) is 0 Å². The predicted octanol–water partition coefficient (Wildman–Crippen LogP) is 1.67. The molecule has 0 aliphatic rings. The quantitative estimate of drug-likeness (QED) is 0.668. The number of aromatic nitrogens is 5. The van der Waals surface area contributed by atoms with Gasteiger partial charge in [0, 0.05) is 23.6 Å². The van der Waals surface area contributed by atoms with E-state index in [-0.39, 0.29) is 0 Å². The number of aryl methyl sites for hydroxylation is 1. The summed E-state index contributed by atoms with van der Waals surface area (Å²) in [4.78, 5) is 0. The number of para-hydroxylation sites is 1. The first-order chi connectivity index (χ1) is 7.79. The van der Waals surface area contributed by atoms with Crippen LogP contribution in [0.3, 0.4) is 0 Å². The fourth-order valence-electron chi connectivity index (χ4n) is 2.07. The van der Waals surface area contributed by atoms with Crippen LogP contribution in [0.2, 0.25) is 0 Å². The van der Waals surface area contributed by atoms with Crippen molar-refractivity contribution >= 4 is 10.9 Å². The Kier molecular flexibility index (Phi) is 1.80. The van der Waals surface area contributed by atoms with Gasteiger partial charge in [-0.05, 0) is 18.2 Å². The van der Waals surface area contributed by atoms with Crippen LogP contribution in [0.15, 0.2) is 24.3 Å². The number of rotatable bonds is 1. The van der Waals surface area contributed by atoms with E-state index in [2.05, 4.69) is 44.2 Å². The Morgan fingerprint density at radius 1 is 1.25 bits per heavy atom. The summed E-state index contributed by atoms with van der Waals surface area (Å²) in [6, 6.07) is 8.22. The van der Waals surface area contributed by atoms with Gasteiger partial charge >= 0.3 is 0 Å². The summed E-state index contributed by atoms with van der Waals surface area (Å²) in [5.74, 6) is 0.648. The van der Waals surface area contributed by atoms with Crippen molar-refractivity contribution in [1.29, 1.82) is 0 Å². The van der Waals surface area contributed by atoms with Crippen molar-refractivity contribution in [1.82, 2.24) is 25.2 Å². The predicted molar refractivity (Wildman–Crippen MR) is 60.8 cm³/mol. The third-order valence-electron chi connectivity index (χ3n) is 2.97. The smallest absolute Gasteiger partial charge is 0.207 e. The molecule has 0 bridgehead atoms. The molecule has 0 fully saturated rings. The van der Waals surface area contributed by atoms with Crippen LogP contribution >= 0.6 is 0 Å². The Morgan fingerprint density at radius 2 is 2.06 bits per heavy atom. The number of nitrogens with zero attached hydrogens (tertiary/aromatic N) is 4. The third kappa shape index (κ3) is 1.08. The Hall–Kier alpha value is -2.17. The van der Waals surface area contributed by atoms with Crippen molar-refractivity contribution in [2.45, 2.75) is 6.92 Å². The largest absolute Gasteiger partial charge is 0.347 e. The van der Waals surface area contributed by atoms with Crippen LogP contribution in [0, 0.1) is 6.92 Å². The van der Waals surface area contributed by atoms with Crippen LogP contribution in [0.5, 0.6) is 0 Å². The van der Waals surface area contributed by atoms with Gasteiger partial charge in [-0.1, -0.05) is 18.2 Å². The Morgan fingerprint density at radius 3 is 2.81 bits per heavy atom. The van der Waals surface area contributed by atoms with Crippen molar-refractivity contribution in [3.05, 3.63) is 30.0 Å². The summed E-state index contributed by atoms with van der Waals surface area (Å²) in [6.45, 7) is 2.06. The van der Waals surface area contributed by atoms with Gasteiger partial charge in [0.15, 0.2) is 0 Å². The molecule has 3 aromatic rings. The van der Waals surface area contributed by atoms with Gasteiger partial charge in [0.1, 0.15) is 0 Å². The van der Waals surface area contributed by atoms with Crippen LogP contribution in [0.4, 0.5) is 0 Å². The molecule has 0 aliphatic heterocycles. The van der Waals surface area contributed by atoms with E-state index in [9.17, 15) is 0 Å². The van der Waals surface area contributed by atoms with Crippen molar-refractivity contribution in [2.24, 2.45) is 7.05 Å². The fraction of sp³-hybridized carbons (Fsp3) is 0.182. The summed E-state index contributed by atoms with van der Waals surface area (Å²) >= 11 is 0. The maximum absolute atomic E-state index is 4.05. The molecular formula is C11H11N5. The van der Waals surface area contributed by atoms with E-state index in [0.29, 0.717) is 5.82 Å². The number of tetrazole rings is 1. The minimum absolute atomic E-state index is 0.648. The van der Waals surface area contributed by atoms with E-state index in [4.69, 9.17) is 0 Å². The molecular weight excluding hydrogens is 202 g/mol. The lowest BCUT2D eigenvalue weighted by Gasteiger charge is -1.97. The van der Waals surface area contributed by atoms with Gasteiger partial charge in [0.25, 0.3) is 0 Å². The van der Waals surface area contributed by atoms with Crippen LogP contribution in [-0.4, -0.2) is 25.2 Å². The van der Waals surface area contributed by atoms with Crippen LogP contribution < -0.4 is 0 Å². The Balaban J connectivity index is 2.44. The van der Waals surface area contributed by atoms with Crippen LogP contribution in [-0.2, 0) is 7.05 Å². The van der Waals surface area contributed by atoms with Gasteiger partial charge in [0.2, 0.25) is 5.82 Å². The van der Waals surface area contributed by atoms with Crippen molar-refractivity contribution in [2.75, 3.05) is 0 Å². The number of aromatic amines is 1. The first kappa shape index (κ1) is 9.08. The normalized spacial score (nSPS) is 11.1.